The van der Waals surface area contributed by atoms with E-state index in [0.717, 1.165) is 25.7 Å². The van der Waals surface area contributed by atoms with E-state index in [1.165, 1.54) is 51.4 Å². The maximum atomic E-state index is 12.2. The summed E-state index contributed by atoms with van der Waals surface area (Å²) in [5.41, 5.74) is 0. The molecule has 0 saturated carbocycles. The van der Waals surface area contributed by atoms with Crippen LogP contribution in [0.1, 0.15) is 111 Å². The highest BCUT2D eigenvalue weighted by Gasteiger charge is 2.31. The van der Waals surface area contributed by atoms with Crippen molar-refractivity contribution in [3.8, 4) is 0 Å². The van der Waals surface area contributed by atoms with Gasteiger partial charge < -0.3 is 9.47 Å². The van der Waals surface area contributed by atoms with Crippen LogP contribution in [0.15, 0.2) is 12.2 Å². The van der Waals surface area contributed by atoms with Gasteiger partial charge in [-0.05, 0) is 46.0 Å². The minimum absolute atomic E-state index is 0.273. The second-order valence-electron chi connectivity index (χ2n) is 7.92. The smallest absolute Gasteiger partial charge is 0.309 e. The summed E-state index contributed by atoms with van der Waals surface area (Å²) in [5, 5.41) is 0. The lowest BCUT2D eigenvalue weighted by Crippen LogP contribution is -2.30. The average Bonchev–Trinajstić information content (AvgIpc) is 2.70. The van der Waals surface area contributed by atoms with Crippen molar-refractivity contribution in [3.63, 3.8) is 0 Å². The Morgan fingerprint density at radius 1 is 0.690 bits per heavy atom. The van der Waals surface area contributed by atoms with Crippen molar-refractivity contribution in [2.24, 2.45) is 11.8 Å². The van der Waals surface area contributed by atoms with Crippen LogP contribution in [-0.2, 0) is 19.1 Å². The zero-order chi connectivity index (χ0) is 21.7. The van der Waals surface area contributed by atoms with Gasteiger partial charge in [-0.3, -0.25) is 9.59 Å². The maximum Gasteiger partial charge on any atom is 0.309 e. The number of hydrogen-bond donors (Lipinski definition) is 0. The molecule has 0 fully saturated rings. The second kappa shape index (κ2) is 20.0. The molecule has 0 spiro atoms. The summed E-state index contributed by atoms with van der Waals surface area (Å²) >= 11 is 0. The average molecular weight is 411 g/mol. The summed E-state index contributed by atoms with van der Waals surface area (Å²) in [4.78, 5) is 24.2. The van der Waals surface area contributed by atoms with Gasteiger partial charge in [-0.15, -0.1) is 0 Å². The summed E-state index contributed by atoms with van der Waals surface area (Å²) in [6, 6.07) is 0. The van der Waals surface area contributed by atoms with Gasteiger partial charge in [0.25, 0.3) is 0 Å². The fourth-order valence-corrected chi connectivity index (χ4v) is 3.52. The fourth-order valence-electron chi connectivity index (χ4n) is 3.52. The van der Waals surface area contributed by atoms with E-state index < -0.39 is 11.8 Å². The molecule has 0 aromatic rings. The highest BCUT2D eigenvalue weighted by molar-refractivity contribution is 5.81. The number of esters is 2. The molecular weight excluding hydrogens is 364 g/mol. The van der Waals surface area contributed by atoms with Gasteiger partial charge in [-0.25, -0.2) is 0 Å². The predicted octanol–water partition coefficient (Wildman–Crippen LogP) is 7.01. The molecule has 0 heterocycles. The Morgan fingerprint density at radius 2 is 1.17 bits per heavy atom. The molecule has 4 nitrogen and oxygen atoms in total. The van der Waals surface area contributed by atoms with E-state index in [-0.39, 0.29) is 11.9 Å². The topological polar surface area (TPSA) is 52.6 Å². The number of carbonyl (C=O) groups is 2. The Hall–Kier alpha value is -1.32. The normalized spacial score (nSPS) is 13.4. The van der Waals surface area contributed by atoms with Crippen molar-refractivity contribution in [2.75, 3.05) is 13.2 Å². The van der Waals surface area contributed by atoms with Gasteiger partial charge in [-0.1, -0.05) is 77.4 Å². The van der Waals surface area contributed by atoms with Crippen molar-refractivity contribution >= 4 is 11.9 Å². The van der Waals surface area contributed by atoms with Crippen LogP contribution in [0.5, 0.6) is 0 Å². The first-order chi connectivity index (χ1) is 14.1. The minimum atomic E-state index is -0.445. The molecule has 2 atom stereocenters. The van der Waals surface area contributed by atoms with Crippen molar-refractivity contribution in [1.29, 1.82) is 0 Å². The first-order valence-corrected chi connectivity index (χ1v) is 12.1. The van der Waals surface area contributed by atoms with Crippen LogP contribution >= 0.6 is 0 Å². The SMILES string of the molecule is CCCCCCCC/C=C\CCCCCCC(C(=O)OCC)C(C)C(=O)OCC. The molecule has 0 aromatic carbocycles. The number of hydrogen-bond acceptors (Lipinski definition) is 4. The lowest BCUT2D eigenvalue weighted by atomic mass is 9.88. The van der Waals surface area contributed by atoms with Crippen LogP contribution in [0.4, 0.5) is 0 Å². The summed E-state index contributed by atoms with van der Waals surface area (Å²) < 4.78 is 10.2. The Balaban J connectivity index is 3.90. The molecule has 0 aliphatic rings. The van der Waals surface area contributed by atoms with E-state index in [4.69, 9.17) is 9.47 Å². The largest absolute Gasteiger partial charge is 0.466 e. The summed E-state index contributed by atoms with van der Waals surface area (Å²) in [6.07, 6.45) is 20.2. The van der Waals surface area contributed by atoms with Crippen LogP contribution in [0.3, 0.4) is 0 Å². The molecule has 0 N–H and O–H groups in total. The van der Waals surface area contributed by atoms with E-state index in [0.29, 0.717) is 19.6 Å². The second-order valence-corrected chi connectivity index (χ2v) is 7.92. The molecule has 2 unspecified atom stereocenters. The lowest BCUT2D eigenvalue weighted by Gasteiger charge is -2.21. The highest BCUT2D eigenvalue weighted by atomic mass is 16.5. The molecule has 29 heavy (non-hydrogen) atoms. The third-order valence-corrected chi connectivity index (χ3v) is 5.38. The van der Waals surface area contributed by atoms with Gasteiger partial charge >= 0.3 is 11.9 Å². The van der Waals surface area contributed by atoms with Crippen LogP contribution in [0.25, 0.3) is 0 Å². The molecule has 0 aromatic heterocycles. The molecule has 0 amide bonds. The Kier molecular flexibility index (Phi) is 19.1. The van der Waals surface area contributed by atoms with Crippen LogP contribution in [0, 0.1) is 11.8 Å². The van der Waals surface area contributed by atoms with Crippen molar-refractivity contribution in [2.45, 2.75) is 111 Å². The number of ether oxygens (including phenoxy) is 2. The Labute approximate surface area is 179 Å². The number of rotatable bonds is 19. The van der Waals surface area contributed by atoms with Gasteiger partial charge in [0.2, 0.25) is 0 Å². The van der Waals surface area contributed by atoms with Crippen LogP contribution in [0.2, 0.25) is 0 Å². The summed E-state index contributed by atoms with van der Waals surface area (Å²) in [7, 11) is 0. The van der Waals surface area contributed by atoms with E-state index in [2.05, 4.69) is 19.1 Å². The molecule has 170 valence electrons. The fraction of sp³-hybridized carbons (Fsp3) is 0.840. The Morgan fingerprint density at radius 3 is 1.72 bits per heavy atom. The molecule has 0 rings (SSSR count). The van der Waals surface area contributed by atoms with E-state index >= 15 is 0 Å². The molecule has 0 saturated heterocycles. The summed E-state index contributed by atoms with van der Waals surface area (Å²) in [6.45, 7) is 8.29. The van der Waals surface area contributed by atoms with Crippen molar-refractivity contribution < 1.29 is 19.1 Å². The standard InChI is InChI=1S/C25H46O4/c1-5-8-9-10-11-12-13-14-15-16-17-18-19-20-21-23(25(27)29-7-3)22(4)24(26)28-6-2/h14-15,22-23H,5-13,16-21H2,1-4H3/b15-14-. The van der Waals surface area contributed by atoms with Gasteiger partial charge in [0.05, 0.1) is 25.0 Å². The molecular formula is C25H46O4. The highest BCUT2D eigenvalue weighted by Crippen LogP contribution is 2.23. The van der Waals surface area contributed by atoms with Gasteiger partial charge in [0.15, 0.2) is 0 Å². The van der Waals surface area contributed by atoms with Gasteiger partial charge in [-0.2, -0.15) is 0 Å². The number of allylic oxidation sites excluding steroid dienone is 2. The summed E-state index contributed by atoms with van der Waals surface area (Å²) in [5.74, 6) is -1.42. The van der Waals surface area contributed by atoms with Crippen LogP contribution < -0.4 is 0 Å². The zero-order valence-corrected chi connectivity index (χ0v) is 19.5. The first-order valence-electron chi connectivity index (χ1n) is 12.1. The van der Waals surface area contributed by atoms with Gasteiger partial charge in [0, 0.05) is 0 Å². The Bertz CT molecular complexity index is 431. The maximum absolute atomic E-state index is 12.2. The predicted molar refractivity (Wildman–Crippen MR) is 121 cm³/mol. The quantitative estimate of drug-likeness (QED) is 0.130. The molecule has 0 aliphatic heterocycles. The van der Waals surface area contributed by atoms with Crippen LogP contribution in [-0.4, -0.2) is 25.2 Å². The van der Waals surface area contributed by atoms with Gasteiger partial charge in [0.1, 0.15) is 0 Å². The number of unbranched alkanes of at least 4 members (excludes halogenated alkanes) is 10. The molecule has 0 radical (unpaired) electrons. The monoisotopic (exact) mass is 410 g/mol. The third kappa shape index (κ3) is 15.2. The molecule has 4 heteroatoms. The molecule has 0 aliphatic carbocycles. The first kappa shape index (κ1) is 27.7. The van der Waals surface area contributed by atoms with E-state index in [1.54, 1.807) is 20.8 Å². The lowest BCUT2D eigenvalue weighted by molar-refractivity contribution is -0.160. The zero-order valence-electron chi connectivity index (χ0n) is 19.5. The van der Waals surface area contributed by atoms with E-state index in [1.807, 2.05) is 0 Å². The van der Waals surface area contributed by atoms with E-state index in [9.17, 15) is 9.59 Å². The minimum Gasteiger partial charge on any atom is -0.466 e. The molecule has 0 bridgehead atoms. The van der Waals surface area contributed by atoms with Crippen molar-refractivity contribution in [1.82, 2.24) is 0 Å². The van der Waals surface area contributed by atoms with Crippen molar-refractivity contribution in [3.05, 3.63) is 12.2 Å². The third-order valence-electron chi connectivity index (χ3n) is 5.38. The number of carbonyl (C=O) groups excluding carboxylic acids is 2.